The van der Waals surface area contributed by atoms with Crippen molar-refractivity contribution in [1.82, 2.24) is 4.98 Å². The van der Waals surface area contributed by atoms with E-state index >= 15 is 0 Å². The van der Waals surface area contributed by atoms with Crippen molar-refractivity contribution in [2.24, 2.45) is 5.84 Å². The van der Waals surface area contributed by atoms with Gasteiger partial charge in [0.2, 0.25) is 0 Å². The van der Waals surface area contributed by atoms with Crippen LogP contribution in [0.4, 0.5) is 5.69 Å². The van der Waals surface area contributed by atoms with E-state index in [-0.39, 0.29) is 5.41 Å². The lowest BCUT2D eigenvalue weighted by atomic mass is 9.89. The second kappa shape index (κ2) is 4.66. The van der Waals surface area contributed by atoms with Gasteiger partial charge in [-0.1, -0.05) is 32.9 Å². The van der Waals surface area contributed by atoms with Gasteiger partial charge in [-0.15, -0.1) is 0 Å². The van der Waals surface area contributed by atoms with Crippen LogP contribution in [-0.2, 0) is 5.41 Å². The summed E-state index contributed by atoms with van der Waals surface area (Å²) >= 11 is 0. The molecule has 88 valence electrons. The fraction of sp³-hybridized carbons (Fsp3) is 0.462. The molecule has 2 N–H and O–H groups in total. The summed E-state index contributed by atoms with van der Waals surface area (Å²) in [6.45, 7) is 8.42. The minimum absolute atomic E-state index is 0.0133. The van der Waals surface area contributed by atoms with Crippen LogP contribution in [0.5, 0.6) is 0 Å². The maximum absolute atomic E-state index is 5.90. The Morgan fingerprint density at radius 2 is 2.00 bits per heavy atom. The van der Waals surface area contributed by atoms with E-state index in [0.29, 0.717) is 0 Å². The van der Waals surface area contributed by atoms with Crippen LogP contribution in [0.1, 0.15) is 39.0 Å². The molecule has 0 bridgehead atoms. The van der Waals surface area contributed by atoms with E-state index in [9.17, 15) is 0 Å². The molecule has 0 spiro atoms. The number of allylic oxidation sites excluding steroid dienone is 1. The molecule has 0 aliphatic rings. The molecule has 0 aliphatic heterocycles. The standard InChI is InChI=1S/C13H21N3/c1-6-7-10-8-9-15-12(13(2,3)4)11(10)16(5)14/h6-9H,14H2,1-5H3/b7-6-. The monoisotopic (exact) mass is 219 g/mol. The van der Waals surface area contributed by atoms with Gasteiger partial charge in [0.25, 0.3) is 0 Å². The number of pyridine rings is 1. The molecule has 1 rings (SSSR count). The van der Waals surface area contributed by atoms with Crippen molar-refractivity contribution in [3.05, 3.63) is 29.6 Å². The molecule has 3 nitrogen and oxygen atoms in total. The molecule has 0 fully saturated rings. The Kier molecular flexibility index (Phi) is 3.70. The third-order valence-corrected chi connectivity index (χ3v) is 2.36. The first kappa shape index (κ1) is 12.7. The van der Waals surface area contributed by atoms with Crippen LogP contribution in [0.15, 0.2) is 18.3 Å². The van der Waals surface area contributed by atoms with Gasteiger partial charge in [-0.25, -0.2) is 5.84 Å². The normalized spacial score (nSPS) is 12.1. The first-order valence-electron chi connectivity index (χ1n) is 5.48. The van der Waals surface area contributed by atoms with E-state index in [1.165, 1.54) is 0 Å². The van der Waals surface area contributed by atoms with Crippen molar-refractivity contribution in [3.63, 3.8) is 0 Å². The van der Waals surface area contributed by atoms with Crippen LogP contribution in [0.25, 0.3) is 6.08 Å². The van der Waals surface area contributed by atoms with E-state index in [2.05, 4.69) is 31.8 Å². The van der Waals surface area contributed by atoms with Gasteiger partial charge in [0.05, 0.1) is 11.4 Å². The van der Waals surface area contributed by atoms with Crippen molar-refractivity contribution < 1.29 is 0 Å². The second-order valence-corrected chi connectivity index (χ2v) is 4.96. The number of anilines is 1. The van der Waals surface area contributed by atoms with E-state index in [4.69, 9.17) is 5.84 Å². The van der Waals surface area contributed by atoms with Gasteiger partial charge >= 0.3 is 0 Å². The van der Waals surface area contributed by atoms with Gasteiger partial charge in [-0.3, -0.25) is 4.98 Å². The van der Waals surface area contributed by atoms with Crippen LogP contribution in [0.2, 0.25) is 0 Å². The van der Waals surface area contributed by atoms with Gasteiger partial charge in [0.15, 0.2) is 0 Å². The van der Waals surface area contributed by atoms with Crippen molar-refractivity contribution >= 4 is 11.8 Å². The Morgan fingerprint density at radius 1 is 1.38 bits per heavy atom. The molecule has 16 heavy (non-hydrogen) atoms. The quantitative estimate of drug-likeness (QED) is 0.614. The Bertz CT molecular complexity index is 387. The average molecular weight is 219 g/mol. The zero-order valence-corrected chi connectivity index (χ0v) is 10.8. The Hall–Kier alpha value is -1.35. The summed E-state index contributed by atoms with van der Waals surface area (Å²) in [7, 11) is 1.85. The topological polar surface area (TPSA) is 42.2 Å². The summed E-state index contributed by atoms with van der Waals surface area (Å²) in [5, 5.41) is 1.64. The van der Waals surface area contributed by atoms with E-state index in [0.717, 1.165) is 16.9 Å². The number of rotatable bonds is 2. The third-order valence-electron chi connectivity index (χ3n) is 2.36. The van der Waals surface area contributed by atoms with Gasteiger partial charge in [-0.2, -0.15) is 0 Å². The smallest absolute Gasteiger partial charge is 0.0807 e. The van der Waals surface area contributed by atoms with E-state index < -0.39 is 0 Å². The molecule has 0 amide bonds. The van der Waals surface area contributed by atoms with Gasteiger partial charge in [0, 0.05) is 24.2 Å². The summed E-state index contributed by atoms with van der Waals surface area (Å²) in [4.78, 5) is 4.46. The average Bonchev–Trinajstić information content (AvgIpc) is 2.16. The number of aromatic nitrogens is 1. The fourth-order valence-corrected chi connectivity index (χ4v) is 1.70. The summed E-state index contributed by atoms with van der Waals surface area (Å²) in [6, 6.07) is 1.98. The highest BCUT2D eigenvalue weighted by Gasteiger charge is 2.22. The second-order valence-electron chi connectivity index (χ2n) is 4.96. The van der Waals surface area contributed by atoms with Crippen molar-refractivity contribution in [1.29, 1.82) is 0 Å². The third kappa shape index (κ3) is 2.61. The molecule has 0 atom stereocenters. The molecule has 0 saturated heterocycles. The molecule has 1 heterocycles. The first-order valence-corrected chi connectivity index (χ1v) is 5.48. The molecule has 0 radical (unpaired) electrons. The van der Waals surface area contributed by atoms with Crippen LogP contribution in [-0.4, -0.2) is 12.0 Å². The lowest BCUT2D eigenvalue weighted by Crippen LogP contribution is -2.30. The molecule has 0 saturated carbocycles. The van der Waals surface area contributed by atoms with Crippen molar-refractivity contribution in [2.45, 2.75) is 33.1 Å². The Balaban J connectivity index is 3.45. The largest absolute Gasteiger partial charge is 0.312 e. The minimum atomic E-state index is -0.0133. The first-order chi connectivity index (χ1) is 7.38. The highest BCUT2D eigenvalue weighted by molar-refractivity contribution is 5.69. The number of nitrogens with zero attached hydrogens (tertiary/aromatic N) is 2. The van der Waals surface area contributed by atoms with Crippen molar-refractivity contribution in [2.75, 3.05) is 12.1 Å². The van der Waals surface area contributed by atoms with Gasteiger partial charge in [0.1, 0.15) is 0 Å². The highest BCUT2D eigenvalue weighted by Crippen LogP contribution is 2.31. The van der Waals surface area contributed by atoms with Crippen LogP contribution < -0.4 is 10.9 Å². The predicted molar refractivity (Wildman–Crippen MR) is 70.2 cm³/mol. The number of nitrogens with two attached hydrogens (primary N) is 1. The van der Waals surface area contributed by atoms with Crippen LogP contribution in [0, 0.1) is 0 Å². The molecule has 0 aliphatic carbocycles. The Labute approximate surface area is 98.0 Å². The minimum Gasteiger partial charge on any atom is -0.312 e. The van der Waals surface area contributed by atoms with Crippen LogP contribution >= 0.6 is 0 Å². The van der Waals surface area contributed by atoms with Crippen LogP contribution in [0.3, 0.4) is 0 Å². The highest BCUT2D eigenvalue weighted by atomic mass is 15.4. The molecule has 0 aromatic carbocycles. The fourth-order valence-electron chi connectivity index (χ4n) is 1.70. The molecule has 1 aromatic heterocycles. The predicted octanol–water partition coefficient (Wildman–Crippen LogP) is 2.72. The SMILES string of the molecule is C/C=C\c1ccnc(C(C)(C)C)c1N(C)N. The van der Waals surface area contributed by atoms with E-state index in [1.807, 2.05) is 32.3 Å². The maximum Gasteiger partial charge on any atom is 0.0807 e. The lowest BCUT2D eigenvalue weighted by Gasteiger charge is -2.26. The van der Waals surface area contributed by atoms with Gasteiger partial charge in [-0.05, 0) is 13.0 Å². The maximum atomic E-state index is 5.90. The number of hydrazine groups is 1. The lowest BCUT2D eigenvalue weighted by molar-refractivity contribution is 0.567. The molecule has 0 unspecified atom stereocenters. The Morgan fingerprint density at radius 3 is 2.44 bits per heavy atom. The van der Waals surface area contributed by atoms with Crippen molar-refractivity contribution in [3.8, 4) is 0 Å². The number of hydrogen-bond donors (Lipinski definition) is 1. The molecule has 1 aromatic rings. The summed E-state index contributed by atoms with van der Waals surface area (Å²) in [5.74, 6) is 5.90. The molecular weight excluding hydrogens is 198 g/mol. The zero-order valence-electron chi connectivity index (χ0n) is 10.8. The van der Waals surface area contributed by atoms with Gasteiger partial charge < -0.3 is 5.01 Å². The molecular formula is C13H21N3. The summed E-state index contributed by atoms with van der Waals surface area (Å²) in [6.07, 6.45) is 5.90. The number of hydrogen-bond acceptors (Lipinski definition) is 3. The summed E-state index contributed by atoms with van der Waals surface area (Å²) < 4.78 is 0. The van der Waals surface area contributed by atoms with E-state index in [1.54, 1.807) is 5.01 Å². The molecule has 3 heteroatoms. The summed E-state index contributed by atoms with van der Waals surface area (Å²) in [5.41, 5.74) is 3.11. The zero-order chi connectivity index (χ0) is 12.3.